The molecule has 0 atom stereocenters. The number of hydrogen-bond acceptors (Lipinski definition) is 4. The van der Waals surface area contributed by atoms with E-state index in [9.17, 15) is 4.79 Å². The standard InChI is InChI=1S/C10H17N3O2/c11-4-3-10(1-2-10)8-13-5-6-15-7-9(12)14/h13H,1-3,5-8H2,(H2,12,14). The maximum absolute atomic E-state index is 10.3. The van der Waals surface area contributed by atoms with Crippen molar-refractivity contribution in [2.75, 3.05) is 26.3 Å². The summed E-state index contributed by atoms with van der Waals surface area (Å²) >= 11 is 0. The Balaban J connectivity index is 1.93. The van der Waals surface area contributed by atoms with Crippen LogP contribution in [-0.2, 0) is 9.53 Å². The van der Waals surface area contributed by atoms with Gasteiger partial charge in [0.25, 0.3) is 0 Å². The molecular formula is C10H17N3O2. The van der Waals surface area contributed by atoms with Gasteiger partial charge in [-0.3, -0.25) is 4.79 Å². The van der Waals surface area contributed by atoms with Crippen LogP contribution in [0.3, 0.4) is 0 Å². The second-order valence-corrected chi connectivity index (χ2v) is 4.03. The van der Waals surface area contributed by atoms with Crippen molar-refractivity contribution in [3.8, 4) is 6.07 Å². The normalized spacial score (nSPS) is 17.0. The van der Waals surface area contributed by atoms with Gasteiger partial charge in [0.1, 0.15) is 6.61 Å². The zero-order valence-electron chi connectivity index (χ0n) is 8.79. The zero-order chi connectivity index (χ0) is 11.1. The fourth-order valence-corrected chi connectivity index (χ4v) is 1.43. The van der Waals surface area contributed by atoms with Gasteiger partial charge < -0.3 is 15.8 Å². The Hall–Kier alpha value is -1.12. The third kappa shape index (κ3) is 4.77. The minimum absolute atomic E-state index is 0.0228. The van der Waals surface area contributed by atoms with Crippen molar-refractivity contribution in [2.24, 2.45) is 11.1 Å². The SMILES string of the molecule is N#CCC1(CNCCOCC(N)=O)CC1. The fraction of sp³-hybridized carbons (Fsp3) is 0.800. The first kappa shape index (κ1) is 12.0. The van der Waals surface area contributed by atoms with E-state index >= 15 is 0 Å². The molecule has 1 saturated carbocycles. The lowest BCUT2D eigenvalue weighted by Gasteiger charge is -2.11. The van der Waals surface area contributed by atoms with Crippen LogP contribution in [0.25, 0.3) is 0 Å². The monoisotopic (exact) mass is 211 g/mol. The Morgan fingerprint density at radius 1 is 1.60 bits per heavy atom. The Morgan fingerprint density at radius 3 is 2.87 bits per heavy atom. The van der Waals surface area contributed by atoms with Crippen molar-refractivity contribution in [1.82, 2.24) is 5.32 Å². The van der Waals surface area contributed by atoms with E-state index in [2.05, 4.69) is 11.4 Å². The molecule has 1 rings (SSSR count). The van der Waals surface area contributed by atoms with E-state index < -0.39 is 5.91 Å². The lowest BCUT2D eigenvalue weighted by Crippen LogP contribution is -2.28. The summed E-state index contributed by atoms with van der Waals surface area (Å²) in [5.41, 5.74) is 5.13. The second kappa shape index (κ2) is 5.69. The summed E-state index contributed by atoms with van der Waals surface area (Å²) in [4.78, 5) is 10.3. The maximum Gasteiger partial charge on any atom is 0.243 e. The number of ether oxygens (including phenoxy) is 1. The first-order chi connectivity index (χ1) is 7.18. The highest BCUT2D eigenvalue weighted by Gasteiger charge is 2.41. The summed E-state index contributed by atoms with van der Waals surface area (Å²) < 4.78 is 4.99. The van der Waals surface area contributed by atoms with Gasteiger partial charge in [0.05, 0.1) is 12.7 Å². The van der Waals surface area contributed by atoms with E-state index in [0.717, 1.165) is 19.4 Å². The number of carbonyl (C=O) groups excluding carboxylic acids is 1. The van der Waals surface area contributed by atoms with Crippen molar-refractivity contribution in [1.29, 1.82) is 5.26 Å². The molecule has 0 heterocycles. The molecule has 0 spiro atoms. The average molecular weight is 211 g/mol. The molecule has 1 aliphatic rings. The van der Waals surface area contributed by atoms with Gasteiger partial charge in [0.2, 0.25) is 5.91 Å². The molecule has 0 saturated heterocycles. The molecule has 84 valence electrons. The highest BCUT2D eigenvalue weighted by Crippen LogP contribution is 2.47. The Kier molecular flexibility index (Phi) is 4.53. The molecule has 5 nitrogen and oxygen atoms in total. The first-order valence-corrected chi connectivity index (χ1v) is 5.12. The summed E-state index contributed by atoms with van der Waals surface area (Å²) in [6.45, 7) is 2.01. The first-order valence-electron chi connectivity index (χ1n) is 5.12. The number of amides is 1. The molecule has 0 bridgehead atoms. The summed E-state index contributed by atoms with van der Waals surface area (Å²) in [7, 11) is 0. The maximum atomic E-state index is 10.3. The van der Waals surface area contributed by atoms with Gasteiger partial charge in [-0.1, -0.05) is 0 Å². The number of nitrogens with one attached hydrogen (secondary N) is 1. The number of hydrogen-bond donors (Lipinski definition) is 2. The molecule has 0 aromatic rings. The Labute approximate surface area is 89.6 Å². The number of rotatable bonds is 8. The molecular weight excluding hydrogens is 194 g/mol. The third-order valence-electron chi connectivity index (χ3n) is 2.58. The van der Waals surface area contributed by atoms with Gasteiger partial charge >= 0.3 is 0 Å². The van der Waals surface area contributed by atoms with Gasteiger partial charge in [0, 0.05) is 19.5 Å². The molecule has 5 heteroatoms. The number of nitriles is 1. The van der Waals surface area contributed by atoms with Crippen LogP contribution in [-0.4, -0.2) is 32.2 Å². The van der Waals surface area contributed by atoms with Crippen LogP contribution in [0.2, 0.25) is 0 Å². The summed E-state index contributed by atoms with van der Waals surface area (Å²) in [5, 5.41) is 11.8. The fourth-order valence-electron chi connectivity index (χ4n) is 1.43. The summed E-state index contributed by atoms with van der Waals surface area (Å²) in [5.74, 6) is -0.446. The second-order valence-electron chi connectivity index (χ2n) is 4.03. The average Bonchev–Trinajstić information content (AvgIpc) is 2.92. The molecule has 3 N–H and O–H groups in total. The van der Waals surface area contributed by atoms with Gasteiger partial charge in [-0.05, 0) is 18.3 Å². The van der Waals surface area contributed by atoms with Gasteiger partial charge in [-0.15, -0.1) is 0 Å². The van der Waals surface area contributed by atoms with Crippen LogP contribution in [0, 0.1) is 16.7 Å². The predicted molar refractivity (Wildman–Crippen MR) is 54.8 cm³/mol. The van der Waals surface area contributed by atoms with Crippen LogP contribution < -0.4 is 11.1 Å². The molecule has 0 unspecified atom stereocenters. The van der Waals surface area contributed by atoms with Crippen molar-refractivity contribution in [3.63, 3.8) is 0 Å². The molecule has 15 heavy (non-hydrogen) atoms. The molecule has 1 aliphatic carbocycles. The van der Waals surface area contributed by atoms with E-state index in [1.54, 1.807) is 0 Å². The summed E-state index contributed by atoms with van der Waals surface area (Å²) in [6, 6.07) is 2.21. The van der Waals surface area contributed by atoms with Crippen molar-refractivity contribution >= 4 is 5.91 Å². The van der Waals surface area contributed by atoms with Gasteiger partial charge in [0.15, 0.2) is 0 Å². The topological polar surface area (TPSA) is 88.1 Å². The minimum Gasteiger partial charge on any atom is -0.370 e. The van der Waals surface area contributed by atoms with Crippen LogP contribution in [0.4, 0.5) is 0 Å². The zero-order valence-corrected chi connectivity index (χ0v) is 8.79. The highest BCUT2D eigenvalue weighted by atomic mass is 16.5. The van der Waals surface area contributed by atoms with Crippen LogP contribution in [0.5, 0.6) is 0 Å². The highest BCUT2D eigenvalue weighted by molar-refractivity contribution is 5.74. The molecule has 1 amide bonds. The van der Waals surface area contributed by atoms with Crippen LogP contribution >= 0.6 is 0 Å². The molecule has 0 aromatic carbocycles. The van der Waals surface area contributed by atoms with E-state index in [4.69, 9.17) is 15.7 Å². The van der Waals surface area contributed by atoms with Crippen molar-refractivity contribution in [2.45, 2.75) is 19.3 Å². The van der Waals surface area contributed by atoms with E-state index in [1.165, 1.54) is 0 Å². The largest absolute Gasteiger partial charge is 0.370 e. The Bertz CT molecular complexity index is 256. The van der Waals surface area contributed by atoms with E-state index in [0.29, 0.717) is 19.6 Å². The smallest absolute Gasteiger partial charge is 0.243 e. The molecule has 0 radical (unpaired) electrons. The van der Waals surface area contributed by atoms with Crippen LogP contribution in [0.1, 0.15) is 19.3 Å². The Morgan fingerprint density at radius 2 is 2.33 bits per heavy atom. The quantitative estimate of drug-likeness (QED) is 0.543. The van der Waals surface area contributed by atoms with Crippen LogP contribution in [0.15, 0.2) is 0 Å². The predicted octanol–water partition coefficient (Wildman–Crippen LogP) is -0.228. The lowest BCUT2D eigenvalue weighted by molar-refractivity contribution is -0.122. The molecule has 0 aromatic heterocycles. The third-order valence-corrected chi connectivity index (χ3v) is 2.58. The van der Waals surface area contributed by atoms with E-state index in [-0.39, 0.29) is 12.0 Å². The minimum atomic E-state index is -0.446. The van der Waals surface area contributed by atoms with E-state index in [1.807, 2.05) is 0 Å². The molecule has 0 aliphatic heterocycles. The van der Waals surface area contributed by atoms with Gasteiger partial charge in [-0.2, -0.15) is 5.26 Å². The molecule has 1 fully saturated rings. The lowest BCUT2D eigenvalue weighted by atomic mass is 10.0. The number of primary amides is 1. The van der Waals surface area contributed by atoms with Crippen molar-refractivity contribution in [3.05, 3.63) is 0 Å². The number of nitrogens with zero attached hydrogens (tertiary/aromatic N) is 1. The number of nitrogens with two attached hydrogens (primary N) is 1. The number of carbonyl (C=O) groups is 1. The van der Waals surface area contributed by atoms with Gasteiger partial charge in [-0.25, -0.2) is 0 Å². The van der Waals surface area contributed by atoms with Crippen molar-refractivity contribution < 1.29 is 9.53 Å². The summed E-state index contributed by atoms with van der Waals surface area (Å²) in [6.07, 6.45) is 2.90.